The smallest absolute Gasteiger partial charge is 0.234 e. The van der Waals surface area contributed by atoms with Gasteiger partial charge in [0.25, 0.3) is 0 Å². The minimum absolute atomic E-state index is 0.0672. The van der Waals surface area contributed by atoms with Gasteiger partial charge in [-0.2, -0.15) is 4.98 Å². The van der Waals surface area contributed by atoms with Crippen molar-refractivity contribution < 1.29 is 9.26 Å². The Hall–Kier alpha value is -1.88. The first-order valence-corrected chi connectivity index (χ1v) is 7.51. The number of benzene rings is 1. The Morgan fingerprint density at radius 3 is 3.00 bits per heavy atom. The van der Waals surface area contributed by atoms with E-state index in [1.54, 1.807) is 7.11 Å². The molecule has 1 aromatic heterocycles. The van der Waals surface area contributed by atoms with E-state index >= 15 is 0 Å². The van der Waals surface area contributed by atoms with Crippen LogP contribution in [0.3, 0.4) is 0 Å². The zero-order valence-corrected chi connectivity index (χ0v) is 12.1. The number of ether oxygens (including phenoxy) is 1. The summed E-state index contributed by atoms with van der Waals surface area (Å²) in [6.07, 6.45) is 3.66. The molecule has 2 heterocycles. The highest BCUT2D eigenvalue weighted by Crippen LogP contribution is 2.47. The number of rotatable bonds is 3. The maximum atomic E-state index is 5.63. The Balaban J connectivity index is 1.66. The zero-order chi connectivity index (χ0) is 14.3. The number of hydrogen-bond acceptors (Lipinski definition) is 5. The molecule has 2 atom stereocenters. The van der Waals surface area contributed by atoms with Gasteiger partial charge in [0.05, 0.1) is 12.5 Å². The van der Waals surface area contributed by atoms with Gasteiger partial charge in [0, 0.05) is 12.1 Å². The molecule has 1 saturated heterocycles. The minimum Gasteiger partial charge on any atom is -0.497 e. The second-order valence-electron chi connectivity index (χ2n) is 6.03. The molecule has 2 aliphatic rings. The SMILES string of the molecule is COc1ccc(-c2noc([C@@]34CCC[C@@H]3CNC4)n2)cc1. The molecule has 110 valence electrons. The Labute approximate surface area is 123 Å². The van der Waals surface area contributed by atoms with Crippen molar-refractivity contribution in [2.75, 3.05) is 20.2 Å². The molecule has 0 bridgehead atoms. The predicted molar refractivity (Wildman–Crippen MR) is 78.2 cm³/mol. The highest BCUT2D eigenvalue weighted by atomic mass is 16.5. The number of aromatic nitrogens is 2. The zero-order valence-electron chi connectivity index (χ0n) is 12.1. The summed E-state index contributed by atoms with van der Waals surface area (Å²) >= 11 is 0. The van der Waals surface area contributed by atoms with Crippen molar-refractivity contribution in [3.05, 3.63) is 30.2 Å². The first kappa shape index (κ1) is 12.8. The molecule has 2 fully saturated rings. The maximum Gasteiger partial charge on any atom is 0.234 e. The summed E-state index contributed by atoms with van der Waals surface area (Å²) < 4.78 is 10.8. The Kier molecular flexibility index (Phi) is 2.96. The third kappa shape index (κ3) is 1.95. The van der Waals surface area contributed by atoms with Crippen molar-refractivity contribution in [1.29, 1.82) is 0 Å². The Morgan fingerprint density at radius 2 is 2.19 bits per heavy atom. The fourth-order valence-electron chi connectivity index (χ4n) is 3.78. The average molecular weight is 285 g/mol. The molecule has 0 amide bonds. The van der Waals surface area contributed by atoms with Crippen LogP contribution in [0.2, 0.25) is 0 Å². The van der Waals surface area contributed by atoms with E-state index in [1.165, 1.54) is 12.8 Å². The highest BCUT2D eigenvalue weighted by molar-refractivity contribution is 5.55. The van der Waals surface area contributed by atoms with E-state index < -0.39 is 0 Å². The van der Waals surface area contributed by atoms with Gasteiger partial charge in [0.15, 0.2) is 0 Å². The number of hydrogen-bond donors (Lipinski definition) is 1. The third-order valence-electron chi connectivity index (χ3n) is 4.99. The summed E-state index contributed by atoms with van der Waals surface area (Å²) in [5.74, 6) is 2.94. The normalized spacial score (nSPS) is 27.8. The molecule has 1 aromatic carbocycles. The van der Waals surface area contributed by atoms with Crippen molar-refractivity contribution >= 4 is 0 Å². The lowest BCUT2D eigenvalue weighted by Crippen LogP contribution is -2.31. The molecule has 1 aliphatic heterocycles. The quantitative estimate of drug-likeness (QED) is 0.938. The van der Waals surface area contributed by atoms with Gasteiger partial charge in [-0.15, -0.1) is 0 Å². The van der Waals surface area contributed by atoms with Crippen LogP contribution in [0, 0.1) is 5.92 Å². The molecule has 0 spiro atoms. The van der Waals surface area contributed by atoms with Crippen molar-refractivity contribution in [1.82, 2.24) is 15.5 Å². The number of fused-ring (bicyclic) bond motifs is 1. The monoisotopic (exact) mass is 285 g/mol. The lowest BCUT2D eigenvalue weighted by molar-refractivity contribution is 0.265. The molecule has 21 heavy (non-hydrogen) atoms. The van der Waals surface area contributed by atoms with E-state index in [1.807, 2.05) is 24.3 Å². The van der Waals surface area contributed by atoms with Crippen molar-refractivity contribution in [3.8, 4) is 17.1 Å². The van der Waals surface area contributed by atoms with Crippen molar-refractivity contribution in [2.24, 2.45) is 5.92 Å². The van der Waals surface area contributed by atoms with Crippen LogP contribution >= 0.6 is 0 Å². The second kappa shape index (κ2) is 4.84. The van der Waals surface area contributed by atoms with E-state index in [0.717, 1.165) is 36.7 Å². The summed E-state index contributed by atoms with van der Waals surface area (Å²) in [6, 6.07) is 7.76. The summed E-state index contributed by atoms with van der Waals surface area (Å²) in [5, 5.41) is 7.67. The van der Waals surface area contributed by atoms with Crippen LogP contribution in [-0.4, -0.2) is 30.3 Å². The molecular weight excluding hydrogens is 266 g/mol. The topological polar surface area (TPSA) is 60.2 Å². The molecular formula is C16H19N3O2. The molecule has 5 nitrogen and oxygen atoms in total. The molecule has 1 N–H and O–H groups in total. The van der Waals surface area contributed by atoms with E-state index in [9.17, 15) is 0 Å². The van der Waals surface area contributed by atoms with Crippen LogP contribution in [-0.2, 0) is 5.41 Å². The van der Waals surface area contributed by atoms with Gasteiger partial charge in [0.2, 0.25) is 11.7 Å². The van der Waals surface area contributed by atoms with Gasteiger partial charge in [-0.3, -0.25) is 0 Å². The average Bonchev–Trinajstić information content (AvgIpc) is 3.21. The molecule has 1 saturated carbocycles. The van der Waals surface area contributed by atoms with Gasteiger partial charge in [0.1, 0.15) is 5.75 Å². The fraction of sp³-hybridized carbons (Fsp3) is 0.500. The first-order valence-electron chi connectivity index (χ1n) is 7.51. The largest absolute Gasteiger partial charge is 0.497 e. The summed E-state index contributed by atoms with van der Waals surface area (Å²) in [6.45, 7) is 2.03. The van der Waals surface area contributed by atoms with E-state index in [-0.39, 0.29) is 5.41 Å². The second-order valence-corrected chi connectivity index (χ2v) is 6.03. The van der Waals surface area contributed by atoms with Gasteiger partial charge in [-0.05, 0) is 49.6 Å². The van der Waals surface area contributed by atoms with Crippen LogP contribution in [0.1, 0.15) is 25.2 Å². The van der Waals surface area contributed by atoms with Crippen LogP contribution in [0.5, 0.6) is 5.75 Å². The Bertz CT molecular complexity index is 625. The Morgan fingerprint density at radius 1 is 1.33 bits per heavy atom. The number of nitrogens with zero attached hydrogens (tertiary/aromatic N) is 2. The van der Waals surface area contributed by atoms with Crippen LogP contribution in [0.25, 0.3) is 11.4 Å². The minimum atomic E-state index is 0.0672. The van der Waals surface area contributed by atoms with E-state index in [0.29, 0.717) is 11.7 Å². The van der Waals surface area contributed by atoms with Crippen molar-refractivity contribution in [3.63, 3.8) is 0 Å². The molecule has 1 aliphatic carbocycles. The van der Waals surface area contributed by atoms with Gasteiger partial charge in [-0.1, -0.05) is 11.6 Å². The summed E-state index contributed by atoms with van der Waals surface area (Å²) in [7, 11) is 1.66. The molecule has 2 aromatic rings. The fourth-order valence-corrected chi connectivity index (χ4v) is 3.78. The van der Waals surface area contributed by atoms with Crippen LogP contribution < -0.4 is 10.1 Å². The van der Waals surface area contributed by atoms with Gasteiger partial charge >= 0.3 is 0 Å². The van der Waals surface area contributed by atoms with Gasteiger partial charge < -0.3 is 14.6 Å². The number of methoxy groups -OCH3 is 1. The molecule has 0 unspecified atom stereocenters. The van der Waals surface area contributed by atoms with E-state index in [2.05, 4.69) is 10.5 Å². The van der Waals surface area contributed by atoms with Crippen molar-refractivity contribution in [2.45, 2.75) is 24.7 Å². The molecule has 5 heteroatoms. The summed E-state index contributed by atoms with van der Waals surface area (Å²) in [4.78, 5) is 4.69. The standard InChI is InChI=1S/C16H19N3O2/c1-20-13-6-4-11(5-7-13)14-18-15(21-19-14)16-8-2-3-12(16)9-17-10-16/h4-7,12,17H,2-3,8-10H2,1H3/t12-,16-/m1/s1. The number of nitrogens with one attached hydrogen (secondary N) is 1. The van der Waals surface area contributed by atoms with Gasteiger partial charge in [-0.25, -0.2) is 0 Å². The lowest BCUT2D eigenvalue weighted by atomic mass is 9.80. The lowest BCUT2D eigenvalue weighted by Gasteiger charge is -2.22. The first-order chi connectivity index (χ1) is 10.3. The van der Waals surface area contributed by atoms with E-state index in [4.69, 9.17) is 14.2 Å². The highest BCUT2D eigenvalue weighted by Gasteiger charge is 2.51. The van der Waals surface area contributed by atoms with Crippen LogP contribution in [0.4, 0.5) is 0 Å². The predicted octanol–water partition coefficient (Wildman–Crippen LogP) is 2.39. The molecule has 0 radical (unpaired) electrons. The van der Waals surface area contributed by atoms with Crippen LogP contribution in [0.15, 0.2) is 28.8 Å². The summed E-state index contributed by atoms with van der Waals surface area (Å²) in [5.41, 5.74) is 1.03. The maximum absolute atomic E-state index is 5.63. The third-order valence-corrected chi connectivity index (χ3v) is 4.99. The molecule has 4 rings (SSSR count).